The highest BCUT2D eigenvalue weighted by Gasteiger charge is 2.23. The number of nitrogens with one attached hydrogen (secondary N) is 1. The third-order valence-electron chi connectivity index (χ3n) is 5.90. The number of aromatic nitrogens is 2. The highest BCUT2D eigenvalue weighted by atomic mass is 32.2. The summed E-state index contributed by atoms with van der Waals surface area (Å²) in [5.74, 6) is 1.12. The first-order valence-corrected chi connectivity index (χ1v) is 12.1. The molecule has 5 nitrogen and oxygen atoms in total. The van der Waals surface area contributed by atoms with Gasteiger partial charge < -0.3 is 10.2 Å². The number of amides is 1. The van der Waals surface area contributed by atoms with Gasteiger partial charge in [0.2, 0.25) is 5.91 Å². The second-order valence-corrected chi connectivity index (χ2v) is 10.3. The summed E-state index contributed by atoms with van der Waals surface area (Å²) in [6, 6.07) is 10.9. The van der Waals surface area contributed by atoms with Gasteiger partial charge >= 0.3 is 0 Å². The van der Waals surface area contributed by atoms with Gasteiger partial charge in [-0.1, -0.05) is 26.0 Å². The van der Waals surface area contributed by atoms with Gasteiger partial charge in [-0.2, -0.15) is 5.10 Å². The van der Waals surface area contributed by atoms with Gasteiger partial charge in [0, 0.05) is 29.3 Å². The van der Waals surface area contributed by atoms with Crippen molar-refractivity contribution in [2.75, 3.05) is 18.0 Å². The number of fused-ring (bicyclic) bond motifs is 1. The number of hydrogen-bond acceptors (Lipinski definition) is 5. The highest BCUT2D eigenvalue weighted by molar-refractivity contribution is 7.99. The molecule has 2 aliphatic rings. The van der Waals surface area contributed by atoms with E-state index in [0.717, 1.165) is 50.2 Å². The zero-order valence-electron chi connectivity index (χ0n) is 18.1. The minimum atomic E-state index is 0.117. The van der Waals surface area contributed by atoms with Crippen LogP contribution in [0.1, 0.15) is 56.4 Å². The van der Waals surface area contributed by atoms with Crippen LogP contribution in [-0.2, 0) is 24.1 Å². The quantitative estimate of drug-likeness (QED) is 0.705. The predicted octanol–water partition coefficient (Wildman–Crippen LogP) is 4.18. The van der Waals surface area contributed by atoms with Crippen molar-refractivity contribution in [2.24, 2.45) is 0 Å². The molecule has 0 radical (unpaired) electrons. The molecule has 1 aromatic heterocycles. The fourth-order valence-electron chi connectivity index (χ4n) is 4.31. The van der Waals surface area contributed by atoms with E-state index in [9.17, 15) is 4.79 Å². The average Bonchev–Trinajstić information content (AvgIpc) is 2.75. The fraction of sp³-hybridized carbons (Fsp3) is 0.542. The molecule has 1 N–H and O–H groups in total. The number of piperidine rings is 1. The summed E-state index contributed by atoms with van der Waals surface area (Å²) in [6.07, 6.45) is 7.03. The maximum absolute atomic E-state index is 12.5. The summed E-state index contributed by atoms with van der Waals surface area (Å²) in [6.45, 7) is 6.21. The van der Waals surface area contributed by atoms with Gasteiger partial charge in [0.05, 0.1) is 12.1 Å². The standard InChI is InChI=1S/C24H32N4OS/c1-17(2)30-21-9-7-18(8-10-21)15-24(29)25-20-11-13-28(14-12-20)23-16-19-5-3-4-6-22(19)26-27-23/h7-10,16-17,20H,3-6,11-15H2,1-2H3,(H,25,29). The molecule has 0 atom stereocenters. The predicted molar refractivity (Wildman–Crippen MR) is 123 cm³/mol. The van der Waals surface area contributed by atoms with Gasteiger partial charge in [-0.05, 0) is 67.9 Å². The lowest BCUT2D eigenvalue weighted by atomic mass is 9.96. The van der Waals surface area contributed by atoms with Crippen molar-refractivity contribution in [1.82, 2.24) is 15.5 Å². The van der Waals surface area contributed by atoms with Crippen LogP contribution in [0.2, 0.25) is 0 Å². The number of hydrogen-bond donors (Lipinski definition) is 1. The molecule has 0 spiro atoms. The Hall–Kier alpha value is -2.08. The number of carbonyl (C=O) groups excluding carboxylic acids is 1. The molecule has 1 aliphatic carbocycles. The molecule has 6 heteroatoms. The Bertz CT molecular complexity index is 860. The van der Waals surface area contributed by atoms with E-state index in [2.05, 4.69) is 64.6 Å². The van der Waals surface area contributed by atoms with Crippen LogP contribution in [-0.4, -0.2) is 40.5 Å². The number of carbonyl (C=O) groups is 1. The zero-order valence-corrected chi connectivity index (χ0v) is 18.9. The lowest BCUT2D eigenvalue weighted by Crippen LogP contribution is -2.45. The van der Waals surface area contributed by atoms with E-state index in [4.69, 9.17) is 0 Å². The van der Waals surface area contributed by atoms with E-state index < -0.39 is 0 Å². The minimum absolute atomic E-state index is 0.117. The first-order valence-electron chi connectivity index (χ1n) is 11.2. The minimum Gasteiger partial charge on any atom is -0.355 e. The molecule has 1 fully saturated rings. The molecule has 0 unspecified atom stereocenters. The molecule has 1 aromatic carbocycles. The van der Waals surface area contributed by atoms with Gasteiger partial charge in [0.15, 0.2) is 5.82 Å². The van der Waals surface area contributed by atoms with Crippen LogP contribution in [0.4, 0.5) is 5.82 Å². The molecule has 1 saturated heterocycles. The summed E-state index contributed by atoms with van der Waals surface area (Å²) in [7, 11) is 0. The Labute approximate surface area is 184 Å². The first-order chi connectivity index (χ1) is 14.6. The van der Waals surface area contributed by atoms with Gasteiger partial charge in [-0.25, -0.2) is 0 Å². The summed E-state index contributed by atoms with van der Waals surface area (Å²) in [5, 5.41) is 12.7. The Morgan fingerprint density at radius 2 is 1.87 bits per heavy atom. The SMILES string of the molecule is CC(C)Sc1ccc(CC(=O)NC2CCN(c3cc4c(nn3)CCCC4)CC2)cc1. The van der Waals surface area contributed by atoms with Crippen LogP contribution >= 0.6 is 11.8 Å². The van der Waals surface area contributed by atoms with Crippen LogP contribution in [0.3, 0.4) is 0 Å². The van der Waals surface area contributed by atoms with Crippen LogP contribution in [0.5, 0.6) is 0 Å². The summed E-state index contributed by atoms with van der Waals surface area (Å²) in [4.78, 5) is 16.1. The molecule has 1 aliphatic heterocycles. The average molecular weight is 425 g/mol. The van der Waals surface area contributed by atoms with Crippen LogP contribution in [0.25, 0.3) is 0 Å². The van der Waals surface area contributed by atoms with E-state index in [1.165, 1.54) is 29.0 Å². The third-order valence-corrected chi connectivity index (χ3v) is 6.92. The molecule has 2 heterocycles. The van der Waals surface area contributed by atoms with E-state index in [-0.39, 0.29) is 11.9 Å². The van der Waals surface area contributed by atoms with E-state index in [0.29, 0.717) is 11.7 Å². The lowest BCUT2D eigenvalue weighted by molar-refractivity contribution is -0.121. The molecular weight excluding hydrogens is 392 g/mol. The fourth-order valence-corrected chi connectivity index (χ4v) is 5.15. The van der Waals surface area contributed by atoms with Crippen LogP contribution < -0.4 is 10.2 Å². The second-order valence-electron chi connectivity index (χ2n) is 8.70. The van der Waals surface area contributed by atoms with E-state index >= 15 is 0 Å². The van der Waals surface area contributed by atoms with E-state index in [1.807, 2.05) is 11.8 Å². The highest BCUT2D eigenvalue weighted by Crippen LogP contribution is 2.25. The normalized spacial score (nSPS) is 17.1. The number of rotatable bonds is 6. The van der Waals surface area contributed by atoms with Gasteiger partial charge in [0.1, 0.15) is 0 Å². The molecular formula is C24H32N4OS. The van der Waals surface area contributed by atoms with Crippen LogP contribution in [0, 0.1) is 0 Å². The summed E-state index contributed by atoms with van der Waals surface area (Å²) < 4.78 is 0. The molecule has 160 valence electrons. The van der Waals surface area contributed by atoms with E-state index in [1.54, 1.807) is 0 Å². The topological polar surface area (TPSA) is 58.1 Å². The Balaban J connectivity index is 1.25. The maximum atomic E-state index is 12.5. The summed E-state index contributed by atoms with van der Waals surface area (Å²) >= 11 is 1.85. The molecule has 1 amide bonds. The van der Waals surface area contributed by atoms with Crippen molar-refractivity contribution in [3.8, 4) is 0 Å². The molecule has 30 heavy (non-hydrogen) atoms. The van der Waals surface area contributed by atoms with Gasteiger partial charge in [0.25, 0.3) is 0 Å². The molecule has 2 aromatic rings. The molecule has 4 rings (SSSR count). The number of benzene rings is 1. The number of anilines is 1. The summed E-state index contributed by atoms with van der Waals surface area (Å²) in [5.41, 5.74) is 3.63. The maximum Gasteiger partial charge on any atom is 0.224 e. The largest absolute Gasteiger partial charge is 0.355 e. The van der Waals surface area contributed by atoms with Crippen molar-refractivity contribution >= 4 is 23.5 Å². The van der Waals surface area contributed by atoms with Crippen molar-refractivity contribution in [1.29, 1.82) is 0 Å². The van der Waals surface area contributed by atoms with Crippen LogP contribution in [0.15, 0.2) is 35.2 Å². The molecule has 0 bridgehead atoms. The van der Waals surface area contributed by atoms with Crippen molar-refractivity contribution in [2.45, 2.75) is 75.0 Å². The second kappa shape index (κ2) is 9.82. The molecule has 0 saturated carbocycles. The smallest absolute Gasteiger partial charge is 0.224 e. The Morgan fingerprint density at radius 3 is 2.60 bits per heavy atom. The zero-order chi connectivity index (χ0) is 20.9. The Kier molecular flexibility index (Phi) is 6.93. The van der Waals surface area contributed by atoms with Crippen molar-refractivity contribution < 1.29 is 4.79 Å². The first kappa shape index (κ1) is 21.2. The third kappa shape index (κ3) is 5.54. The number of nitrogens with zero attached hydrogens (tertiary/aromatic N) is 3. The lowest BCUT2D eigenvalue weighted by Gasteiger charge is -2.33. The Morgan fingerprint density at radius 1 is 1.13 bits per heavy atom. The number of aryl methyl sites for hydroxylation is 2. The van der Waals surface area contributed by atoms with Crippen molar-refractivity contribution in [3.63, 3.8) is 0 Å². The van der Waals surface area contributed by atoms with Gasteiger partial charge in [-0.15, -0.1) is 16.9 Å². The van der Waals surface area contributed by atoms with Gasteiger partial charge in [-0.3, -0.25) is 4.79 Å². The number of thioether (sulfide) groups is 1. The monoisotopic (exact) mass is 424 g/mol. The van der Waals surface area contributed by atoms with Crippen molar-refractivity contribution in [3.05, 3.63) is 47.2 Å².